The number of amides is 1. The van der Waals surface area contributed by atoms with Crippen LogP contribution in [0.3, 0.4) is 0 Å². The van der Waals surface area contributed by atoms with Gasteiger partial charge in [0.15, 0.2) is 0 Å². The first kappa shape index (κ1) is 15.7. The molecule has 1 atom stereocenters. The number of hydrogen-bond donors (Lipinski definition) is 1. The summed E-state index contributed by atoms with van der Waals surface area (Å²) in [6.45, 7) is 0.944. The Morgan fingerprint density at radius 1 is 1.26 bits per heavy atom. The number of aromatic nitrogens is 3. The summed E-state index contributed by atoms with van der Waals surface area (Å²) >= 11 is 0. The van der Waals surface area contributed by atoms with Crippen molar-refractivity contribution in [3.8, 4) is 0 Å². The fraction of sp³-hybridized carbons (Fsp3) is 0.471. The van der Waals surface area contributed by atoms with Crippen molar-refractivity contribution in [3.63, 3.8) is 0 Å². The van der Waals surface area contributed by atoms with Gasteiger partial charge in [0.25, 0.3) is 0 Å². The molecule has 1 aliphatic rings. The van der Waals surface area contributed by atoms with Crippen molar-refractivity contribution in [2.45, 2.75) is 38.3 Å². The maximum Gasteiger partial charge on any atom is 0.248 e. The maximum absolute atomic E-state index is 11.7. The Balaban J connectivity index is 1.56. The SMILES string of the molecule is O=C(CO)N1CCCC1Cn1cc(CCc2ccccc2)nn1. The minimum Gasteiger partial charge on any atom is -0.387 e. The summed E-state index contributed by atoms with van der Waals surface area (Å²) in [7, 11) is 0. The molecule has 0 aliphatic carbocycles. The molecule has 1 unspecified atom stereocenters. The van der Waals surface area contributed by atoms with E-state index in [1.807, 2.05) is 29.1 Å². The molecule has 6 heteroatoms. The van der Waals surface area contributed by atoms with E-state index in [1.54, 1.807) is 4.90 Å². The van der Waals surface area contributed by atoms with Gasteiger partial charge >= 0.3 is 0 Å². The number of benzene rings is 1. The molecule has 0 spiro atoms. The highest BCUT2D eigenvalue weighted by atomic mass is 16.3. The fourth-order valence-corrected chi connectivity index (χ4v) is 3.12. The average molecular weight is 314 g/mol. The normalized spacial score (nSPS) is 17.6. The Morgan fingerprint density at radius 2 is 2.09 bits per heavy atom. The lowest BCUT2D eigenvalue weighted by molar-refractivity contribution is -0.135. The van der Waals surface area contributed by atoms with Crippen molar-refractivity contribution in [2.24, 2.45) is 0 Å². The second-order valence-electron chi connectivity index (χ2n) is 5.96. The summed E-state index contributed by atoms with van der Waals surface area (Å²) in [6.07, 6.45) is 5.69. The van der Waals surface area contributed by atoms with E-state index < -0.39 is 6.61 Å². The van der Waals surface area contributed by atoms with Crippen LogP contribution < -0.4 is 0 Å². The summed E-state index contributed by atoms with van der Waals surface area (Å²) in [5, 5.41) is 17.4. The number of rotatable bonds is 6. The molecular weight excluding hydrogens is 292 g/mol. The van der Waals surface area contributed by atoms with E-state index in [2.05, 4.69) is 22.4 Å². The zero-order chi connectivity index (χ0) is 16.1. The lowest BCUT2D eigenvalue weighted by atomic mass is 10.1. The van der Waals surface area contributed by atoms with Crippen LogP contribution in [0.2, 0.25) is 0 Å². The Labute approximate surface area is 135 Å². The molecule has 6 nitrogen and oxygen atoms in total. The summed E-state index contributed by atoms with van der Waals surface area (Å²) in [5.74, 6) is -0.197. The minimum atomic E-state index is -0.420. The maximum atomic E-state index is 11.7. The zero-order valence-corrected chi connectivity index (χ0v) is 13.1. The number of likely N-dealkylation sites (tertiary alicyclic amines) is 1. The molecule has 2 heterocycles. The molecule has 122 valence electrons. The molecule has 3 rings (SSSR count). The van der Waals surface area contributed by atoms with Crippen LogP contribution in [-0.4, -0.2) is 50.1 Å². The first-order chi connectivity index (χ1) is 11.3. The number of nitrogens with zero attached hydrogens (tertiary/aromatic N) is 4. The molecule has 23 heavy (non-hydrogen) atoms. The van der Waals surface area contributed by atoms with E-state index in [0.29, 0.717) is 6.54 Å². The molecule has 0 bridgehead atoms. The third-order valence-corrected chi connectivity index (χ3v) is 4.33. The largest absolute Gasteiger partial charge is 0.387 e. The summed E-state index contributed by atoms with van der Waals surface area (Å²) in [6, 6.07) is 10.4. The predicted molar refractivity (Wildman–Crippen MR) is 85.7 cm³/mol. The van der Waals surface area contributed by atoms with Gasteiger partial charge in [0.05, 0.1) is 18.3 Å². The van der Waals surface area contributed by atoms with Crippen molar-refractivity contribution in [2.75, 3.05) is 13.2 Å². The van der Waals surface area contributed by atoms with Gasteiger partial charge < -0.3 is 10.0 Å². The first-order valence-corrected chi connectivity index (χ1v) is 8.09. The number of aliphatic hydroxyl groups is 1. The highest BCUT2D eigenvalue weighted by Gasteiger charge is 2.28. The van der Waals surface area contributed by atoms with Crippen LogP contribution in [0.5, 0.6) is 0 Å². The molecule has 1 N–H and O–H groups in total. The van der Waals surface area contributed by atoms with Crippen molar-refractivity contribution < 1.29 is 9.90 Å². The Morgan fingerprint density at radius 3 is 2.87 bits per heavy atom. The highest BCUT2D eigenvalue weighted by molar-refractivity contribution is 5.77. The number of carbonyl (C=O) groups excluding carboxylic acids is 1. The Bertz CT molecular complexity index is 641. The second kappa shape index (κ2) is 7.37. The van der Waals surface area contributed by atoms with Crippen LogP contribution in [0.15, 0.2) is 36.5 Å². The van der Waals surface area contributed by atoms with Gasteiger partial charge in [0.1, 0.15) is 6.61 Å². The van der Waals surface area contributed by atoms with Gasteiger partial charge in [-0.2, -0.15) is 0 Å². The Hall–Kier alpha value is -2.21. The quantitative estimate of drug-likeness (QED) is 0.865. The number of carbonyl (C=O) groups is 1. The van der Waals surface area contributed by atoms with E-state index in [1.165, 1.54) is 5.56 Å². The van der Waals surface area contributed by atoms with Gasteiger partial charge in [-0.1, -0.05) is 35.5 Å². The zero-order valence-electron chi connectivity index (χ0n) is 13.1. The number of aliphatic hydroxyl groups excluding tert-OH is 1. The molecule has 0 radical (unpaired) electrons. The van der Waals surface area contributed by atoms with Gasteiger partial charge in [0, 0.05) is 12.7 Å². The van der Waals surface area contributed by atoms with Crippen LogP contribution in [0.25, 0.3) is 0 Å². The first-order valence-electron chi connectivity index (χ1n) is 8.09. The van der Waals surface area contributed by atoms with Crippen molar-refractivity contribution in [1.82, 2.24) is 19.9 Å². The lowest BCUT2D eigenvalue weighted by Gasteiger charge is -2.23. The molecule has 0 saturated carbocycles. The number of aryl methyl sites for hydroxylation is 2. The van der Waals surface area contributed by atoms with E-state index in [-0.39, 0.29) is 11.9 Å². The van der Waals surface area contributed by atoms with Gasteiger partial charge in [0.2, 0.25) is 5.91 Å². The van der Waals surface area contributed by atoms with E-state index in [0.717, 1.165) is 37.9 Å². The molecule has 1 aromatic carbocycles. The summed E-state index contributed by atoms with van der Waals surface area (Å²) in [4.78, 5) is 13.5. The predicted octanol–water partition coefficient (Wildman–Crippen LogP) is 1.05. The number of hydrogen-bond acceptors (Lipinski definition) is 4. The van der Waals surface area contributed by atoms with E-state index in [9.17, 15) is 4.79 Å². The van der Waals surface area contributed by atoms with E-state index >= 15 is 0 Å². The van der Waals surface area contributed by atoms with Crippen LogP contribution in [0.4, 0.5) is 0 Å². The van der Waals surface area contributed by atoms with Crippen molar-refractivity contribution >= 4 is 5.91 Å². The smallest absolute Gasteiger partial charge is 0.248 e. The van der Waals surface area contributed by atoms with Gasteiger partial charge in [-0.15, -0.1) is 5.10 Å². The molecule has 1 saturated heterocycles. The van der Waals surface area contributed by atoms with Crippen LogP contribution in [-0.2, 0) is 24.2 Å². The molecule has 1 fully saturated rings. The van der Waals surface area contributed by atoms with Crippen molar-refractivity contribution in [1.29, 1.82) is 0 Å². The topological polar surface area (TPSA) is 71.2 Å². The Kier molecular flexibility index (Phi) is 5.02. The molecule has 1 amide bonds. The monoisotopic (exact) mass is 314 g/mol. The van der Waals surface area contributed by atoms with Crippen LogP contribution in [0.1, 0.15) is 24.1 Å². The summed E-state index contributed by atoms with van der Waals surface area (Å²) in [5.41, 5.74) is 2.25. The molecule has 1 aromatic heterocycles. The average Bonchev–Trinajstić information content (AvgIpc) is 3.23. The van der Waals surface area contributed by atoms with Gasteiger partial charge in [-0.3, -0.25) is 9.48 Å². The van der Waals surface area contributed by atoms with E-state index in [4.69, 9.17) is 5.11 Å². The van der Waals surface area contributed by atoms with Crippen LogP contribution >= 0.6 is 0 Å². The third kappa shape index (κ3) is 3.96. The fourth-order valence-electron chi connectivity index (χ4n) is 3.12. The van der Waals surface area contributed by atoms with Crippen LogP contribution in [0, 0.1) is 0 Å². The molecule has 1 aliphatic heterocycles. The second-order valence-corrected chi connectivity index (χ2v) is 5.96. The summed E-state index contributed by atoms with van der Waals surface area (Å²) < 4.78 is 1.81. The molecular formula is C17H22N4O2. The third-order valence-electron chi connectivity index (χ3n) is 4.33. The lowest BCUT2D eigenvalue weighted by Crippen LogP contribution is -2.39. The highest BCUT2D eigenvalue weighted by Crippen LogP contribution is 2.18. The van der Waals surface area contributed by atoms with Gasteiger partial charge in [-0.25, -0.2) is 0 Å². The van der Waals surface area contributed by atoms with Gasteiger partial charge in [-0.05, 0) is 31.2 Å². The standard InChI is InChI=1S/C17H22N4O2/c22-13-17(23)21-10-4-7-16(21)12-20-11-15(18-19-20)9-8-14-5-2-1-3-6-14/h1-3,5-6,11,16,22H,4,7-10,12-13H2. The van der Waals surface area contributed by atoms with Crippen molar-refractivity contribution in [3.05, 3.63) is 47.8 Å². The minimum absolute atomic E-state index is 0.110. The molecule has 2 aromatic rings.